The first-order valence-electron chi connectivity index (χ1n) is 5.96. The summed E-state index contributed by atoms with van der Waals surface area (Å²) in [6.07, 6.45) is -0.541. The Bertz CT molecular complexity index is 684. The number of rotatable bonds is 2. The second-order valence-corrected chi connectivity index (χ2v) is 5.42. The Labute approximate surface area is 110 Å². The lowest BCUT2D eigenvalue weighted by Crippen LogP contribution is -1.98. The Morgan fingerprint density at radius 3 is 2.72 bits per heavy atom. The summed E-state index contributed by atoms with van der Waals surface area (Å²) >= 11 is 1.68. The molecule has 90 valence electrons. The van der Waals surface area contributed by atoms with Gasteiger partial charge in [-0.05, 0) is 29.3 Å². The second kappa shape index (κ2) is 4.56. The number of fused-ring (bicyclic) bond motifs is 1. The van der Waals surface area contributed by atoms with Crippen LogP contribution in [0.5, 0.6) is 0 Å². The first-order chi connectivity index (χ1) is 8.75. The number of hydrogen-bond acceptors (Lipinski definition) is 2. The molecule has 0 bridgehead atoms. The molecule has 1 aromatic heterocycles. The molecule has 3 aromatic rings. The Hall–Kier alpha value is -1.64. The molecule has 0 amide bonds. The summed E-state index contributed by atoms with van der Waals surface area (Å²) in [7, 11) is 0. The molecule has 0 saturated heterocycles. The number of aryl methyl sites for hydroxylation is 1. The summed E-state index contributed by atoms with van der Waals surface area (Å²) in [6.45, 7) is 2.04. The predicted molar refractivity (Wildman–Crippen MR) is 77.1 cm³/mol. The largest absolute Gasteiger partial charge is 0.384 e. The monoisotopic (exact) mass is 254 g/mol. The third kappa shape index (κ3) is 1.94. The molecule has 2 aromatic carbocycles. The van der Waals surface area contributed by atoms with Crippen molar-refractivity contribution in [3.8, 4) is 0 Å². The van der Waals surface area contributed by atoms with E-state index in [2.05, 4.69) is 17.5 Å². The Kier molecular flexibility index (Phi) is 2.90. The van der Waals surface area contributed by atoms with E-state index >= 15 is 0 Å². The summed E-state index contributed by atoms with van der Waals surface area (Å²) in [4.78, 5) is 0. The zero-order chi connectivity index (χ0) is 12.5. The van der Waals surface area contributed by atoms with Crippen molar-refractivity contribution in [2.24, 2.45) is 0 Å². The third-order valence-electron chi connectivity index (χ3n) is 3.16. The van der Waals surface area contributed by atoms with Crippen molar-refractivity contribution in [1.29, 1.82) is 0 Å². The minimum atomic E-state index is -0.541. The van der Waals surface area contributed by atoms with Gasteiger partial charge in [0.05, 0.1) is 0 Å². The van der Waals surface area contributed by atoms with Crippen LogP contribution in [0.15, 0.2) is 53.9 Å². The molecule has 1 atom stereocenters. The van der Waals surface area contributed by atoms with Crippen molar-refractivity contribution >= 4 is 21.4 Å². The van der Waals surface area contributed by atoms with Gasteiger partial charge in [0.25, 0.3) is 0 Å². The fraction of sp³-hybridized carbons (Fsp3) is 0.125. The molecular formula is C16H14OS. The summed E-state index contributed by atoms with van der Waals surface area (Å²) in [5.41, 5.74) is 3.13. The smallest absolute Gasteiger partial charge is 0.105 e. The molecule has 0 saturated carbocycles. The van der Waals surface area contributed by atoms with Gasteiger partial charge in [0.15, 0.2) is 0 Å². The zero-order valence-electron chi connectivity index (χ0n) is 10.1. The highest BCUT2D eigenvalue weighted by Gasteiger charge is 2.14. The van der Waals surface area contributed by atoms with Gasteiger partial charge in [-0.15, -0.1) is 11.3 Å². The molecule has 3 rings (SSSR count). The molecule has 0 aliphatic rings. The predicted octanol–water partition coefficient (Wildman–Crippen LogP) is 4.29. The number of aliphatic hydroxyl groups is 1. The maximum atomic E-state index is 10.5. The van der Waals surface area contributed by atoms with Crippen LogP contribution in [-0.2, 0) is 0 Å². The van der Waals surface area contributed by atoms with Crippen molar-refractivity contribution in [2.45, 2.75) is 13.0 Å². The van der Waals surface area contributed by atoms with E-state index in [9.17, 15) is 5.11 Å². The fourth-order valence-electron chi connectivity index (χ4n) is 2.23. The van der Waals surface area contributed by atoms with Gasteiger partial charge in [0.1, 0.15) is 6.10 Å². The fourth-order valence-corrected chi connectivity index (χ4v) is 3.21. The third-order valence-corrected chi connectivity index (χ3v) is 4.15. The molecule has 0 aliphatic heterocycles. The summed E-state index contributed by atoms with van der Waals surface area (Å²) in [5.74, 6) is 0. The van der Waals surface area contributed by atoms with E-state index in [1.807, 2.05) is 43.3 Å². The van der Waals surface area contributed by atoms with Crippen LogP contribution in [0.3, 0.4) is 0 Å². The van der Waals surface area contributed by atoms with Gasteiger partial charge in [-0.3, -0.25) is 0 Å². The first kappa shape index (κ1) is 11.5. The van der Waals surface area contributed by atoms with Crippen LogP contribution >= 0.6 is 11.3 Å². The number of thiophene rings is 1. The van der Waals surface area contributed by atoms with Crippen LogP contribution in [0.4, 0.5) is 0 Å². The van der Waals surface area contributed by atoms with Crippen LogP contribution in [0.1, 0.15) is 22.8 Å². The normalized spacial score (nSPS) is 12.8. The average molecular weight is 254 g/mol. The van der Waals surface area contributed by atoms with Crippen molar-refractivity contribution in [1.82, 2.24) is 0 Å². The van der Waals surface area contributed by atoms with Gasteiger partial charge < -0.3 is 5.11 Å². The molecule has 0 radical (unpaired) electrons. The average Bonchev–Trinajstić information content (AvgIpc) is 2.82. The van der Waals surface area contributed by atoms with Gasteiger partial charge in [-0.25, -0.2) is 0 Å². The molecule has 1 nitrogen and oxygen atoms in total. The van der Waals surface area contributed by atoms with E-state index in [1.54, 1.807) is 11.3 Å². The van der Waals surface area contributed by atoms with Crippen LogP contribution in [-0.4, -0.2) is 5.11 Å². The molecule has 0 spiro atoms. The van der Waals surface area contributed by atoms with E-state index in [0.29, 0.717) is 0 Å². The van der Waals surface area contributed by atoms with E-state index < -0.39 is 6.10 Å². The molecule has 1 unspecified atom stereocenters. The van der Waals surface area contributed by atoms with Gasteiger partial charge >= 0.3 is 0 Å². The van der Waals surface area contributed by atoms with Crippen molar-refractivity contribution in [3.05, 3.63) is 70.6 Å². The second-order valence-electron chi connectivity index (χ2n) is 4.50. The molecule has 0 fully saturated rings. The van der Waals surface area contributed by atoms with Crippen molar-refractivity contribution in [3.63, 3.8) is 0 Å². The van der Waals surface area contributed by atoms with Gasteiger partial charge in [0, 0.05) is 10.3 Å². The highest BCUT2D eigenvalue weighted by atomic mass is 32.1. The number of benzene rings is 2. The topological polar surface area (TPSA) is 20.2 Å². The zero-order valence-corrected chi connectivity index (χ0v) is 10.9. The van der Waals surface area contributed by atoms with Crippen LogP contribution in [0.2, 0.25) is 0 Å². The van der Waals surface area contributed by atoms with Crippen LogP contribution in [0.25, 0.3) is 10.1 Å². The van der Waals surface area contributed by atoms with E-state index in [0.717, 1.165) is 16.5 Å². The van der Waals surface area contributed by atoms with Gasteiger partial charge in [0.2, 0.25) is 0 Å². The molecule has 2 heteroatoms. The molecular weight excluding hydrogens is 240 g/mol. The Morgan fingerprint density at radius 1 is 1.06 bits per heavy atom. The van der Waals surface area contributed by atoms with Crippen LogP contribution in [0, 0.1) is 6.92 Å². The maximum absolute atomic E-state index is 10.5. The Morgan fingerprint density at radius 2 is 1.89 bits per heavy atom. The summed E-state index contributed by atoms with van der Waals surface area (Å²) in [5, 5.41) is 13.7. The van der Waals surface area contributed by atoms with E-state index in [4.69, 9.17) is 0 Å². The lowest BCUT2D eigenvalue weighted by atomic mass is 10.00. The molecule has 1 heterocycles. The quantitative estimate of drug-likeness (QED) is 0.723. The first-order valence-corrected chi connectivity index (χ1v) is 6.84. The van der Waals surface area contributed by atoms with E-state index in [-0.39, 0.29) is 0 Å². The van der Waals surface area contributed by atoms with Crippen molar-refractivity contribution < 1.29 is 5.11 Å². The highest BCUT2D eigenvalue weighted by molar-refractivity contribution is 7.17. The minimum Gasteiger partial charge on any atom is -0.384 e. The van der Waals surface area contributed by atoms with Gasteiger partial charge in [-0.2, -0.15) is 0 Å². The molecule has 18 heavy (non-hydrogen) atoms. The summed E-state index contributed by atoms with van der Waals surface area (Å²) < 4.78 is 1.22. The molecule has 0 aliphatic carbocycles. The maximum Gasteiger partial charge on any atom is 0.105 e. The van der Waals surface area contributed by atoms with E-state index in [1.165, 1.54) is 10.3 Å². The van der Waals surface area contributed by atoms with Crippen molar-refractivity contribution in [2.75, 3.05) is 0 Å². The standard InChI is InChI=1S/C16H14OS/c1-11-5-4-6-12(9-11)16(17)14-10-18-15-8-3-2-7-13(14)15/h2-10,16-17H,1H3. The number of aliphatic hydroxyl groups excluding tert-OH is 1. The Balaban J connectivity index is 2.09. The van der Waals surface area contributed by atoms with Gasteiger partial charge in [-0.1, -0.05) is 48.0 Å². The molecule has 1 N–H and O–H groups in total. The lowest BCUT2D eigenvalue weighted by molar-refractivity contribution is 0.222. The van der Waals surface area contributed by atoms with Crippen LogP contribution < -0.4 is 0 Å². The number of hydrogen-bond donors (Lipinski definition) is 1. The minimum absolute atomic E-state index is 0.541. The SMILES string of the molecule is Cc1cccc(C(O)c2csc3ccccc23)c1. The summed E-state index contributed by atoms with van der Waals surface area (Å²) in [6, 6.07) is 16.3. The lowest BCUT2D eigenvalue weighted by Gasteiger charge is -2.11. The highest BCUT2D eigenvalue weighted by Crippen LogP contribution is 2.33.